The highest BCUT2D eigenvalue weighted by Gasteiger charge is 2.39. The third-order valence-electron chi connectivity index (χ3n) is 6.83. The van der Waals surface area contributed by atoms with Gasteiger partial charge >= 0.3 is 0 Å². The van der Waals surface area contributed by atoms with Crippen LogP contribution < -0.4 is 10.1 Å². The number of nitrogens with zero attached hydrogens (tertiary/aromatic N) is 4. The van der Waals surface area contributed by atoms with Crippen molar-refractivity contribution >= 4 is 22.8 Å². The van der Waals surface area contributed by atoms with Gasteiger partial charge in [-0.25, -0.2) is 9.97 Å². The van der Waals surface area contributed by atoms with Crippen LogP contribution >= 0.6 is 0 Å². The van der Waals surface area contributed by atoms with Crippen LogP contribution in [0.25, 0.3) is 11.1 Å². The summed E-state index contributed by atoms with van der Waals surface area (Å²) in [4.78, 5) is 28.8. The first-order chi connectivity index (χ1) is 15.5. The summed E-state index contributed by atoms with van der Waals surface area (Å²) in [6.45, 7) is 5.81. The first kappa shape index (κ1) is 19.5. The van der Waals surface area contributed by atoms with Crippen molar-refractivity contribution < 1.29 is 13.9 Å². The monoisotopic (exact) mass is 433 g/mol. The number of aromatic nitrogens is 3. The second-order valence-corrected chi connectivity index (χ2v) is 9.59. The van der Waals surface area contributed by atoms with Gasteiger partial charge < -0.3 is 19.4 Å². The molecule has 3 aliphatic rings. The molecule has 0 unspecified atom stereocenters. The number of hydrogen-bond acceptors (Lipinski definition) is 7. The van der Waals surface area contributed by atoms with Crippen LogP contribution in [-0.4, -0.2) is 44.4 Å². The number of ether oxygens (including phenoxy) is 1. The van der Waals surface area contributed by atoms with Gasteiger partial charge in [0.15, 0.2) is 0 Å². The minimum absolute atomic E-state index is 0.0254. The molecule has 166 valence electrons. The normalized spacial score (nSPS) is 19.0. The molecule has 1 aliphatic heterocycles. The van der Waals surface area contributed by atoms with E-state index in [-0.39, 0.29) is 11.4 Å². The maximum Gasteiger partial charge on any atom is 0.258 e. The molecule has 32 heavy (non-hydrogen) atoms. The van der Waals surface area contributed by atoms with E-state index in [2.05, 4.69) is 27.2 Å². The van der Waals surface area contributed by atoms with Crippen LogP contribution in [0.1, 0.15) is 60.0 Å². The molecule has 0 saturated heterocycles. The zero-order valence-electron chi connectivity index (χ0n) is 18.5. The van der Waals surface area contributed by atoms with Gasteiger partial charge in [-0.05, 0) is 57.9 Å². The Labute approximate surface area is 186 Å². The van der Waals surface area contributed by atoms with Gasteiger partial charge in [-0.2, -0.15) is 0 Å². The maximum atomic E-state index is 13.7. The smallest absolute Gasteiger partial charge is 0.258 e. The Morgan fingerprint density at radius 1 is 1.31 bits per heavy atom. The number of hydrogen-bond donors (Lipinski definition) is 1. The number of aryl methyl sites for hydroxylation is 1. The molecule has 3 aromatic heterocycles. The maximum absolute atomic E-state index is 13.7. The summed E-state index contributed by atoms with van der Waals surface area (Å²) in [7, 11) is 0. The summed E-state index contributed by atoms with van der Waals surface area (Å²) in [5.74, 6) is 2.77. The highest BCUT2D eigenvalue weighted by molar-refractivity contribution is 6.10. The highest BCUT2D eigenvalue weighted by Crippen LogP contribution is 2.40. The molecule has 2 fully saturated rings. The van der Waals surface area contributed by atoms with Crippen LogP contribution in [-0.2, 0) is 13.0 Å². The fourth-order valence-corrected chi connectivity index (χ4v) is 4.38. The Bertz CT molecular complexity index is 1210. The fourth-order valence-electron chi connectivity index (χ4n) is 4.38. The quantitative estimate of drug-likeness (QED) is 0.630. The van der Waals surface area contributed by atoms with E-state index in [9.17, 15) is 4.79 Å². The lowest BCUT2D eigenvalue weighted by Crippen LogP contribution is -2.37. The van der Waals surface area contributed by atoms with E-state index < -0.39 is 0 Å². The molecule has 8 heteroatoms. The standard InChI is InChI=1S/C24H27N5O3/c1-14-19(20-21(28-24(2)7-8-24)26-13-27-22(20)32-14)23(30)29-10-6-16-17(11-29)25-9-5-18(16)31-12-15-3-4-15/h5,9,13,15H,3-4,6-8,10-12H2,1-2H3,(H,26,27,28). The Morgan fingerprint density at radius 2 is 2.16 bits per heavy atom. The molecular weight excluding hydrogens is 406 g/mol. The van der Waals surface area contributed by atoms with E-state index in [0.29, 0.717) is 47.2 Å². The van der Waals surface area contributed by atoms with Crippen molar-refractivity contribution in [2.45, 2.75) is 58.0 Å². The number of carbonyl (C=O) groups excluding carboxylic acids is 1. The molecule has 0 bridgehead atoms. The van der Waals surface area contributed by atoms with Crippen LogP contribution in [0.2, 0.25) is 0 Å². The van der Waals surface area contributed by atoms with Gasteiger partial charge in [-0.15, -0.1) is 0 Å². The van der Waals surface area contributed by atoms with Crippen molar-refractivity contribution in [1.82, 2.24) is 19.9 Å². The minimum Gasteiger partial charge on any atom is -0.493 e. The number of rotatable bonds is 6. The molecule has 6 rings (SSSR count). The average molecular weight is 434 g/mol. The van der Waals surface area contributed by atoms with Crippen molar-refractivity contribution in [1.29, 1.82) is 0 Å². The van der Waals surface area contributed by atoms with Crippen LogP contribution in [0.5, 0.6) is 5.75 Å². The topological polar surface area (TPSA) is 93.4 Å². The van der Waals surface area contributed by atoms with Gasteiger partial charge in [0.1, 0.15) is 23.7 Å². The number of carbonyl (C=O) groups is 1. The van der Waals surface area contributed by atoms with E-state index >= 15 is 0 Å². The lowest BCUT2D eigenvalue weighted by molar-refractivity contribution is 0.0730. The van der Waals surface area contributed by atoms with Gasteiger partial charge in [0.2, 0.25) is 5.71 Å². The van der Waals surface area contributed by atoms with Gasteiger partial charge in [-0.3, -0.25) is 9.78 Å². The summed E-state index contributed by atoms with van der Waals surface area (Å²) in [5.41, 5.74) is 3.04. The van der Waals surface area contributed by atoms with Crippen LogP contribution in [0.3, 0.4) is 0 Å². The van der Waals surface area contributed by atoms with E-state index in [1.807, 2.05) is 17.9 Å². The van der Waals surface area contributed by atoms with Gasteiger partial charge in [0, 0.05) is 23.8 Å². The molecule has 0 aromatic carbocycles. The zero-order valence-corrected chi connectivity index (χ0v) is 18.5. The highest BCUT2D eigenvalue weighted by atomic mass is 16.5. The van der Waals surface area contributed by atoms with E-state index in [0.717, 1.165) is 42.9 Å². The lowest BCUT2D eigenvalue weighted by Gasteiger charge is -2.29. The average Bonchev–Trinajstić information content (AvgIpc) is 3.71. The molecule has 2 saturated carbocycles. The zero-order chi connectivity index (χ0) is 21.9. The molecule has 0 atom stereocenters. The minimum atomic E-state index is -0.0724. The number of nitrogens with one attached hydrogen (secondary N) is 1. The molecule has 4 heterocycles. The summed E-state index contributed by atoms with van der Waals surface area (Å²) >= 11 is 0. The summed E-state index contributed by atoms with van der Waals surface area (Å²) < 4.78 is 11.9. The Hall–Kier alpha value is -3.16. The molecule has 8 nitrogen and oxygen atoms in total. The van der Waals surface area contributed by atoms with E-state index in [1.54, 1.807) is 6.20 Å². The predicted molar refractivity (Wildman–Crippen MR) is 119 cm³/mol. The number of anilines is 1. The van der Waals surface area contributed by atoms with Crippen LogP contribution in [0.15, 0.2) is 23.0 Å². The van der Waals surface area contributed by atoms with Crippen molar-refractivity contribution in [3.8, 4) is 5.75 Å². The largest absolute Gasteiger partial charge is 0.493 e. The molecular formula is C24H27N5O3. The lowest BCUT2D eigenvalue weighted by atomic mass is 10.0. The number of furan rings is 1. The van der Waals surface area contributed by atoms with E-state index in [1.165, 1.54) is 19.2 Å². The van der Waals surface area contributed by atoms with Gasteiger partial charge in [0.05, 0.1) is 29.8 Å². The molecule has 1 amide bonds. The summed E-state index contributed by atoms with van der Waals surface area (Å²) in [5, 5.41) is 4.16. The first-order valence-electron chi connectivity index (χ1n) is 11.4. The molecule has 0 spiro atoms. The second kappa shape index (κ2) is 7.18. The first-order valence-corrected chi connectivity index (χ1v) is 11.4. The number of pyridine rings is 1. The van der Waals surface area contributed by atoms with Gasteiger partial charge in [-0.1, -0.05) is 0 Å². The third kappa shape index (κ3) is 3.47. The third-order valence-corrected chi connectivity index (χ3v) is 6.83. The fraction of sp³-hybridized carbons (Fsp3) is 0.500. The molecule has 3 aromatic rings. The predicted octanol–water partition coefficient (Wildman–Crippen LogP) is 3.88. The number of amides is 1. The summed E-state index contributed by atoms with van der Waals surface area (Å²) in [6.07, 6.45) is 8.66. The van der Waals surface area contributed by atoms with Crippen molar-refractivity contribution in [3.05, 3.63) is 41.2 Å². The molecule has 2 aliphatic carbocycles. The Kier molecular flexibility index (Phi) is 4.38. The summed E-state index contributed by atoms with van der Waals surface area (Å²) in [6, 6.07) is 1.94. The van der Waals surface area contributed by atoms with Crippen molar-refractivity contribution in [3.63, 3.8) is 0 Å². The van der Waals surface area contributed by atoms with Crippen molar-refractivity contribution in [2.24, 2.45) is 5.92 Å². The Balaban J connectivity index is 1.29. The van der Waals surface area contributed by atoms with Crippen LogP contribution in [0.4, 0.5) is 5.82 Å². The number of fused-ring (bicyclic) bond motifs is 2. The molecule has 0 radical (unpaired) electrons. The SMILES string of the molecule is Cc1oc2ncnc(NC3(C)CC3)c2c1C(=O)N1CCc2c(OCC3CC3)ccnc2C1. The van der Waals surface area contributed by atoms with E-state index in [4.69, 9.17) is 9.15 Å². The van der Waals surface area contributed by atoms with Gasteiger partial charge in [0.25, 0.3) is 5.91 Å². The van der Waals surface area contributed by atoms with Crippen LogP contribution in [0, 0.1) is 12.8 Å². The Morgan fingerprint density at radius 3 is 2.94 bits per heavy atom. The van der Waals surface area contributed by atoms with Crippen molar-refractivity contribution in [2.75, 3.05) is 18.5 Å². The molecule has 1 N–H and O–H groups in total. The second-order valence-electron chi connectivity index (χ2n) is 9.59.